The molecule has 1 aromatic carbocycles. The Balaban J connectivity index is 1.43. The molecule has 4 rings (SSSR count). The van der Waals surface area contributed by atoms with Crippen molar-refractivity contribution in [1.29, 1.82) is 0 Å². The standard InChI is InChI=1S/C21H23FN4O2/c22-19-9-2-1-6-16(19)12-20-24-21(28-25-20)15-26(14-18-8-5-11-27-18)13-17-7-3-4-10-23-17/h1-4,6-7,9-10,18H,5,8,11-15H2/t18-/m0/s1. The van der Waals surface area contributed by atoms with Crippen LogP contribution in [-0.2, 0) is 24.2 Å². The van der Waals surface area contributed by atoms with E-state index in [1.54, 1.807) is 24.4 Å². The highest BCUT2D eigenvalue weighted by Crippen LogP contribution is 2.17. The number of aromatic nitrogens is 3. The highest BCUT2D eigenvalue weighted by molar-refractivity contribution is 5.20. The van der Waals surface area contributed by atoms with Gasteiger partial charge in [-0.05, 0) is 36.6 Å². The van der Waals surface area contributed by atoms with Gasteiger partial charge in [-0.2, -0.15) is 4.98 Å². The lowest BCUT2D eigenvalue weighted by molar-refractivity contribution is 0.0636. The van der Waals surface area contributed by atoms with Crippen LogP contribution in [-0.4, -0.2) is 39.3 Å². The average Bonchev–Trinajstić information content (AvgIpc) is 3.37. The number of hydrogen-bond donors (Lipinski definition) is 0. The fraction of sp³-hybridized carbons (Fsp3) is 0.381. The van der Waals surface area contributed by atoms with Gasteiger partial charge in [-0.1, -0.05) is 29.4 Å². The molecule has 28 heavy (non-hydrogen) atoms. The molecule has 1 aliphatic rings. The second-order valence-electron chi connectivity index (χ2n) is 7.00. The predicted octanol–water partition coefficient (Wildman–Crippen LogP) is 3.38. The normalized spacial score (nSPS) is 16.7. The first kappa shape index (κ1) is 18.7. The minimum absolute atomic E-state index is 0.213. The topological polar surface area (TPSA) is 64.3 Å². The van der Waals surface area contributed by atoms with Gasteiger partial charge < -0.3 is 9.26 Å². The summed E-state index contributed by atoms with van der Waals surface area (Å²) < 4.78 is 25.1. The van der Waals surface area contributed by atoms with E-state index < -0.39 is 0 Å². The second kappa shape index (κ2) is 9.03. The van der Waals surface area contributed by atoms with Crippen molar-refractivity contribution < 1.29 is 13.7 Å². The Morgan fingerprint density at radius 2 is 2.00 bits per heavy atom. The van der Waals surface area contributed by atoms with Gasteiger partial charge >= 0.3 is 0 Å². The summed E-state index contributed by atoms with van der Waals surface area (Å²) in [5.74, 6) is 0.735. The first-order valence-electron chi connectivity index (χ1n) is 9.55. The minimum atomic E-state index is -0.260. The molecule has 0 saturated carbocycles. The van der Waals surface area contributed by atoms with Crippen molar-refractivity contribution in [3.8, 4) is 0 Å². The van der Waals surface area contributed by atoms with Gasteiger partial charge in [-0.25, -0.2) is 4.39 Å². The number of benzene rings is 1. The Morgan fingerprint density at radius 1 is 1.11 bits per heavy atom. The van der Waals surface area contributed by atoms with Crippen molar-refractivity contribution >= 4 is 0 Å². The van der Waals surface area contributed by atoms with E-state index in [1.165, 1.54) is 6.07 Å². The van der Waals surface area contributed by atoms with Crippen LogP contribution in [0.3, 0.4) is 0 Å². The zero-order chi connectivity index (χ0) is 19.2. The maximum Gasteiger partial charge on any atom is 0.240 e. The van der Waals surface area contributed by atoms with Crippen LogP contribution < -0.4 is 0 Å². The van der Waals surface area contributed by atoms with E-state index in [-0.39, 0.29) is 11.9 Å². The third-order valence-electron chi connectivity index (χ3n) is 4.77. The van der Waals surface area contributed by atoms with Gasteiger partial charge in [0.2, 0.25) is 5.89 Å². The van der Waals surface area contributed by atoms with Crippen molar-refractivity contribution in [3.05, 3.63) is 77.5 Å². The molecule has 146 valence electrons. The molecular formula is C21H23FN4O2. The van der Waals surface area contributed by atoms with Gasteiger partial charge in [0.05, 0.1) is 18.3 Å². The Bertz CT molecular complexity index is 881. The molecule has 0 spiro atoms. The Morgan fingerprint density at radius 3 is 2.79 bits per heavy atom. The van der Waals surface area contributed by atoms with E-state index in [0.717, 1.165) is 31.7 Å². The molecule has 0 amide bonds. The van der Waals surface area contributed by atoms with E-state index in [1.807, 2.05) is 18.2 Å². The van der Waals surface area contributed by atoms with Crippen LogP contribution >= 0.6 is 0 Å². The molecule has 0 aliphatic carbocycles. The van der Waals surface area contributed by atoms with Gasteiger partial charge in [-0.15, -0.1) is 0 Å². The molecule has 7 heteroatoms. The van der Waals surface area contributed by atoms with Crippen molar-refractivity contribution in [2.24, 2.45) is 0 Å². The summed E-state index contributed by atoms with van der Waals surface area (Å²) >= 11 is 0. The molecule has 3 heterocycles. The number of halogens is 1. The Kier molecular flexibility index (Phi) is 6.04. The van der Waals surface area contributed by atoms with E-state index in [0.29, 0.717) is 36.8 Å². The molecule has 1 aliphatic heterocycles. The zero-order valence-electron chi connectivity index (χ0n) is 15.6. The fourth-order valence-corrected chi connectivity index (χ4v) is 3.41. The van der Waals surface area contributed by atoms with Crippen LogP contribution in [0.1, 0.15) is 35.8 Å². The van der Waals surface area contributed by atoms with Crippen LogP contribution in [0.4, 0.5) is 4.39 Å². The fourth-order valence-electron chi connectivity index (χ4n) is 3.41. The number of nitrogens with zero attached hydrogens (tertiary/aromatic N) is 4. The SMILES string of the molecule is Fc1ccccc1Cc1noc(CN(Cc2ccccn2)C[C@@H]2CCCO2)n1. The lowest BCUT2D eigenvalue weighted by atomic mass is 10.1. The number of ether oxygens (including phenoxy) is 1. The maximum absolute atomic E-state index is 13.8. The first-order chi connectivity index (χ1) is 13.8. The van der Waals surface area contributed by atoms with Crippen LogP contribution in [0, 0.1) is 5.82 Å². The molecule has 1 fully saturated rings. The molecular weight excluding hydrogens is 359 g/mol. The average molecular weight is 382 g/mol. The lowest BCUT2D eigenvalue weighted by Crippen LogP contribution is -2.31. The van der Waals surface area contributed by atoms with Crippen molar-refractivity contribution in [3.63, 3.8) is 0 Å². The van der Waals surface area contributed by atoms with Crippen LogP contribution in [0.2, 0.25) is 0 Å². The number of hydrogen-bond acceptors (Lipinski definition) is 6. The van der Waals surface area contributed by atoms with Gasteiger partial charge in [0.1, 0.15) is 5.82 Å². The third kappa shape index (κ3) is 4.99. The molecule has 0 unspecified atom stereocenters. The highest BCUT2D eigenvalue weighted by atomic mass is 19.1. The summed E-state index contributed by atoms with van der Waals surface area (Å²) in [5.41, 5.74) is 1.53. The largest absolute Gasteiger partial charge is 0.377 e. The highest BCUT2D eigenvalue weighted by Gasteiger charge is 2.21. The number of rotatable bonds is 8. The zero-order valence-corrected chi connectivity index (χ0v) is 15.6. The van der Waals surface area contributed by atoms with E-state index in [4.69, 9.17) is 9.26 Å². The molecule has 1 saturated heterocycles. The summed E-state index contributed by atoms with van der Waals surface area (Å²) in [5, 5.41) is 4.02. The van der Waals surface area contributed by atoms with Gasteiger partial charge in [0, 0.05) is 32.3 Å². The smallest absolute Gasteiger partial charge is 0.240 e. The van der Waals surface area contributed by atoms with Gasteiger partial charge in [0.15, 0.2) is 5.82 Å². The summed E-state index contributed by atoms with van der Waals surface area (Å²) in [6.07, 6.45) is 4.46. The molecule has 0 bridgehead atoms. The Hall–Kier alpha value is -2.64. The predicted molar refractivity (Wildman–Crippen MR) is 101 cm³/mol. The van der Waals surface area contributed by atoms with E-state index in [2.05, 4.69) is 20.0 Å². The van der Waals surface area contributed by atoms with Gasteiger partial charge in [-0.3, -0.25) is 9.88 Å². The summed E-state index contributed by atoms with van der Waals surface area (Å²) in [4.78, 5) is 11.1. The molecule has 0 radical (unpaired) electrons. The molecule has 3 aromatic rings. The number of pyridine rings is 1. The van der Waals surface area contributed by atoms with Crippen molar-refractivity contribution in [2.75, 3.05) is 13.2 Å². The monoisotopic (exact) mass is 382 g/mol. The third-order valence-corrected chi connectivity index (χ3v) is 4.77. The summed E-state index contributed by atoms with van der Waals surface area (Å²) in [6, 6.07) is 12.5. The van der Waals surface area contributed by atoms with Gasteiger partial charge in [0.25, 0.3) is 0 Å². The summed E-state index contributed by atoms with van der Waals surface area (Å²) in [7, 11) is 0. The quantitative estimate of drug-likeness (QED) is 0.595. The molecule has 6 nitrogen and oxygen atoms in total. The van der Waals surface area contributed by atoms with Crippen LogP contribution in [0.5, 0.6) is 0 Å². The maximum atomic E-state index is 13.8. The lowest BCUT2D eigenvalue weighted by Gasteiger charge is -2.23. The van der Waals surface area contributed by atoms with Crippen LogP contribution in [0.25, 0.3) is 0 Å². The Labute approximate surface area is 163 Å². The second-order valence-corrected chi connectivity index (χ2v) is 7.00. The minimum Gasteiger partial charge on any atom is -0.377 e. The van der Waals surface area contributed by atoms with Crippen molar-refractivity contribution in [1.82, 2.24) is 20.0 Å². The molecule has 0 N–H and O–H groups in total. The summed E-state index contributed by atoms with van der Waals surface area (Å²) in [6.45, 7) is 2.77. The van der Waals surface area contributed by atoms with E-state index >= 15 is 0 Å². The first-order valence-corrected chi connectivity index (χ1v) is 9.55. The molecule has 1 atom stereocenters. The van der Waals surface area contributed by atoms with E-state index in [9.17, 15) is 4.39 Å². The molecule has 2 aromatic heterocycles. The van der Waals surface area contributed by atoms with Crippen LogP contribution in [0.15, 0.2) is 53.2 Å². The van der Waals surface area contributed by atoms with Crippen molar-refractivity contribution in [2.45, 2.75) is 38.5 Å².